The van der Waals surface area contributed by atoms with Gasteiger partial charge >= 0.3 is 0 Å². The van der Waals surface area contributed by atoms with E-state index in [0.717, 1.165) is 25.9 Å². The zero-order chi connectivity index (χ0) is 12.9. The fourth-order valence-electron chi connectivity index (χ4n) is 2.06. The molecule has 1 aromatic carbocycles. The Morgan fingerprint density at radius 3 is 2.17 bits per heavy atom. The molecule has 0 spiro atoms. The Kier molecular flexibility index (Phi) is 9.49. The zero-order valence-corrected chi connectivity index (χ0v) is 11.4. The van der Waals surface area contributed by atoms with Gasteiger partial charge in [0.05, 0.1) is 0 Å². The predicted octanol–water partition coefficient (Wildman–Crippen LogP) is 3.15. The first kappa shape index (κ1) is 15.2. The molecule has 0 amide bonds. The topological polar surface area (TPSA) is 32.3 Å². The van der Waals surface area contributed by atoms with Crippen LogP contribution in [0.3, 0.4) is 0 Å². The molecule has 1 aromatic rings. The number of unbranched alkanes of at least 4 members (excludes halogenated alkanes) is 4. The van der Waals surface area contributed by atoms with Gasteiger partial charge in [-0.2, -0.15) is 0 Å². The van der Waals surface area contributed by atoms with E-state index >= 15 is 0 Å². The summed E-state index contributed by atoms with van der Waals surface area (Å²) in [5, 5.41) is 12.1. The lowest BCUT2D eigenvalue weighted by atomic mass is 10.1. The van der Waals surface area contributed by atoms with Gasteiger partial charge in [0, 0.05) is 6.61 Å². The van der Waals surface area contributed by atoms with Crippen molar-refractivity contribution in [1.29, 1.82) is 0 Å². The third-order valence-electron chi connectivity index (χ3n) is 3.17. The van der Waals surface area contributed by atoms with Gasteiger partial charge in [-0.15, -0.1) is 0 Å². The highest BCUT2D eigenvalue weighted by Gasteiger charge is 1.93. The summed E-state index contributed by atoms with van der Waals surface area (Å²) in [5.74, 6) is 0. The maximum Gasteiger partial charge on any atom is 0.0431 e. The third-order valence-corrected chi connectivity index (χ3v) is 3.17. The van der Waals surface area contributed by atoms with Gasteiger partial charge in [-0.3, -0.25) is 0 Å². The van der Waals surface area contributed by atoms with Crippen LogP contribution < -0.4 is 5.32 Å². The maximum absolute atomic E-state index is 8.64. The molecular weight excluding hydrogens is 222 g/mol. The van der Waals surface area contributed by atoms with E-state index in [-0.39, 0.29) is 0 Å². The van der Waals surface area contributed by atoms with E-state index in [4.69, 9.17) is 5.11 Å². The second-order valence-electron chi connectivity index (χ2n) is 4.83. The molecule has 102 valence electrons. The van der Waals surface area contributed by atoms with E-state index in [1.54, 1.807) is 0 Å². The Morgan fingerprint density at radius 1 is 0.778 bits per heavy atom. The molecule has 0 fully saturated rings. The number of nitrogens with one attached hydrogen (secondary N) is 1. The van der Waals surface area contributed by atoms with Crippen molar-refractivity contribution in [3.63, 3.8) is 0 Å². The van der Waals surface area contributed by atoms with Crippen molar-refractivity contribution in [1.82, 2.24) is 5.32 Å². The van der Waals surface area contributed by atoms with Crippen molar-refractivity contribution < 1.29 is 5.11 Å². The number of hydrogen-bond acceptors (Lipinski definition) is 2. The lowest BCUT2D eigenvalue weighted by molar-refractivity contribution is 0.282. The Balaban J connectivity index is 1.82. The average molecular weight is 249 g/mol. The highest BCUT2D eigenvalue weighted by atomic mass is 16.2. The van der Waals surface area contributed by atoms with Crippen molar-refractivity contribution >= 4 is 0 Å². The van der Waals surface area contributed by atoms with E-state index in [2.05, 4.69) is 35.6 Å². The van der Waals surface area contributed by atoms with Gasteiger partial charge < -0.3 is 10.4 Å². The molecule has 0 aliphatic heterocycles. The number of benzene rings is 1. The molecule has 0 atom stereocenters. The van der Waals surface area contributed by atoms with Crippen molar-refractivity contribution in [3.8, 4) is 0 Å². The average Bonchev–Trinajstić information content (AvgIpc) is 2.42. The lowest BCUT2D eigenvalue weighted by Crippen LogP contribution is -2.16. The molecule has 0 radical (unpaired) electrons. The summed E-state index contributed by atoms with van der Waals surface area (Å²) in [6.07, 6.45) is 8.30. The molecular formula is C16H27NO. The second kappa shape index (κ2) is 11.2. The molecule has 0 unspecified atom stereocenters. The molecule has 0 aliphatic rings. The fourth-order valence-corrected chi connectivity index (χ4v) is 2.06. The van der Waals surface area contributed by atoms with Gasteiger partial charge in [0.25, 0.3) is 0 Å². The molecule has 1 rings (SSSR count). The largest absolute Gasteiger partial charge is 0.396 e. The Hall–Kier alpha value is -0.860. The Morgan fingerprint density at radius 2 is 1.44 bits per heavy atom. The Labute approximate surface area is 111 Å². The molecule has 0 saturated carbocycles. The molecule has 0 saturated heterocycles. The summed E-state index contributed by atoms with van der Waals surface area (Å²) >= 11 is 0. The summed E-state index contributed by atoms with van der Waals surface area (Å²) in [5.41, 5.74) is 1.45. The fraction of sp³-hybridized carbons (Fsp3) is 0.625. The van der Waals surface area contributed by atoms with Crippen molar-refractivity contribution in [2.45, 2.75) is 44.9 Å². The quantitative estimate of drug-likeness (QED) is 0.590. The van der Waals surface area contributed by atoms with E-state index < -0.39 is 0 Å². The van der Waals surface area contributed by atoms with Crippen LogP contribution in [0.25, 0.3) is 0 Å². The molecule has 0 heterocycles. The van der Waals surface area contributed by atoms with Gasteiger partial charge in [0.1, 0.15) is 0 Å². The van der Waals surface area contributed by atoms with Crippen molar-refractivity contribution in [2.24, 2.45) is 0 Å². The second-order valence-corrected chi connectivity index (χ2v) is 4.83. The zero-order valence-electron chi connectivity index (χ0n) is 11.4. The predicted molar refractivity (Wildman–Crippen MR) is 77.8 cm³/mol. The number of aryl methyl sites for hydroxylation is 1. The van der Waals surface area contributed by atoms with Crippen molar-refractivity contribution in [2.75, 3.05) is 19.7 Å². The monoisotopic (exact) mass is 249 g/mol. The van der Waals surface area contributed by atoms with Crippen LogP contribution in [0.2, 0.25) is 0 Å². The van der Waals surface area contributed by atoms with E-state index in [0.29, 0.717) is 6.61 Å². The lowest BCUT2D eigenvalue weighted by Gasteiger charge is -2.05. The molecule has 2 heteroatoms. The summed E-state index contributed by atoms with van der Waals surface area (Å²) in [7, 11) is 0. The molecule has 0 aromatic heterocycles. The smallest absolute Gasteiger partial charge is 0.0431 e. The van der Waals surface area contributed by atoms with Crippen LogP contribution in [-0.4, -0.2) is 24.8 Å². The minimum absolute atomic E-state index is 0.340. The molecule has 0 bridgehead atoms. The first-order chi connectivity index (χ1) is 8.93. The molecule has 18 heavy (non-hydrogen) atoms. The summed E-state index contributed by atoms with van der Waals surface area (Å²) < 4.78 is 0. The first-order valence-electron chi connectivity index (χ1n) is 7.29. The minimum Gasteiger partial charge on any atom is -0.396 e. The third kappa shape index (κ3) is 8.26. The maximum atomic E-state index is 8.64. The van der Waals surface area contributed by atoms with Crippen LogP contribution in [0.4, 0.5) is 0 Å². The van der Waals surface area contributed by atoms with E-state index in [1.165, 1.54) is 37.7 Å². The summed E-state index contributed by atoms with van der Waals surface area (Å²) in [4.78, 5) is 0. The van der Waals surface area contributed by atoms with Gasteiger partial charge in [0.15, 0.2) is 0 Å². The Bertz CT molecular complexity index is 274. The van der Waals surface area contributed by atoms with Crippen LogP contribution in [0.1, 0.15) is 44.1 Å². The molecule has 2 N–H and O–H groups in total. The van der Waals surface area contributed by atoms with Gasteiger partial charge in [-0.05, 0) is 50.8 Å². The van der Waals surface area contributed by atoms with Crippen molar-refractivity contribution in [3.05, 3.63) is 35.9 Å². The van der Waals surface area contributed by atoms with Crippen LogP contribution in [0.15, 0.2) is 30.3 Å². The van der Waals surface area contributed by atoms with Gasteiger partial charge in [0.2, 0.25) is 0 Å². The SMILES string of the molecule is OCCCCCCNCCCCc1ccccc1. The summed E-state index contributed by atoms with van der Waals surface area (Å²) in [6, 6.07) is 10.7. The van der Waals surface area contributed by atoms with Crippen LogP contribution in [-0.2, 0) is 6.42 Å². The molecule has 0 aliphatic carbocycles. The van der Waals surface area contributed by atoms with E-state index in [1.807, 2.05) is 0 Å². The molecule has 2 nitrogen and oxygen atoms in total. The van der Waals surface area contributed by atoms with E-state index in [9.17, 15) is 0 Å². The minimum atomic E-state index is 0.340. The van der Waals surface area contributed by atoms with Gasteiger partial charge in [-0.25, -0.2) is 0 Å². The van der Waals surface area contributed by atoms with Gasteiger partial charge in [-0.1, -0.05) is 43.2 Å². The first-order valence-corrected chi connectivity index (χ1v) is 7.29. The number of hydrogen-bond donors (Lipinski definition) is 2. The highest BCUT2D eigenvalue weighted by Crippen LogP contribution is 2.04. The standard InChI is InChI=1S/C16H27NO/c18-15-9-2-1-7-13-17-14-8-6-12-16-10-4-3-5-11-16/h3-5,10-11,17-18H,1-2,6-9,12-15H2. The number of aliphatic hydroxyl groups excluding tert-OH is 1. The normalized spacial score (nSPS) is 10.7. The van der Waals surface area contributed by atoms with Crippen LogP contribution in [0.5, 0.6) is 0 Å². The van der Waals surface area contributed by atoms with Crippen LogP contribution in [0, 0.1) is 0 Å². The summed E-state index contributed by atoms with van der Waals surface area (Å²) in [6.45, 7) is 2.59. The number of rotatable bonds is 11. The number of aliphatic hydroxyl groups is 1. The highest BCUT2D eigenvalue weighted by molar-refractivity contribution is 5.14. The van der Waals surface area contributed by atoms with Crippen LogP contribution >= 0.6 is 0 Å².